The molecule has 0 atom stereocenters. The Bertz CT molecular complexity index is 779. The summed E-state index contributed by atoms with van der Waals surface area (Å²) < 4.78 is 6.36. The minimum Gasteiger partial charge on any atom is -0.481 e. The Morgan fingerprint density at radius 3 is 3.00 bits per heavy atom. The van der Waals surface area contributed by atoms with E-state index in [0.29, 0.717) is 0 Å². The number of aryl methyl sites for hydroxylation is 1. The molecule has 0 aliphatic rings. The molecule has 0 saturated heterocycles. The van der Waals surface area contributed by atoms with Crippen LogP contribution in [0.2, 0.25) is 0 Å². The average molecular weight is 322 g/mol. The molecule has 0 unspecified atom stereocenters. The van der Waals surface area contributed by atoms with Crippen molar-refractivity contribution in [2.24, 2.45) is 0 Å². The highest BCUT2D eigenvalue weighted by atomic mass is 32.2. The van der Waals surface area contributed by atoms with Crippen LogP contribution in [-0.4, -0.2) is 20.4 Å². The van der Waals surface area contributed by atoms with Gasteiger partial charge in [-0.15, -0.1) is 11.3 Å². The zero-order valence-electron chi connectivity index (χ0n) is 10.5. The molecular formula is C13H10N2O2S3. The summed E-state index contributed by atoms with van der Waals surface area (Å²) in [6.07, 6.45) is 0.0352. The maximum Gasteiger partial charge on any atom is 0.308 e. The van der Waals surface area contributed by atoms with Gasteiger partial charge in [-0.2, -0.15) is 4.37 Å². The molecule has 0 amide bonds. The molecule has 2 heterocycles. The van der Waals surface area contributed by atoms with Crippen LogP contribution in [0.25, 0.3) is 10.9 Å². The van der Waals surface area contributed by atoms with Gasteiger partial charge in [0.05, 0.1) is 21.8 Å². The minimum absolute atomic E-state index is 0.0352. The molecule has 4 nitrogen and oxygen atoms in total. The van der Waals surface area contributed by atoms with Crippen LogP contribution in [0.15, 0.2) is 32.8 Å². The van der Waals surface area contributed by atoms with Crippen LogP contribution in [0.3, 0.4) is 0 Å². The van der Waals surface area contributed by atoms with Crippen LogP contribution in [0, 0.1) is 6.92 Å². The van der Waals surface area contributed by atoms with Crippen LogP contribution in [0.4, 0.5) is 0 Å². The number of aromatic nitrogens is 2. The number of carboxylic acid groups (broad SMARTS) is 1. The minimum atomic E-state index is -0.823. The molecule has 102 valence electrons. The van der Waals surface area contributed by atoms with Crippen LogP contribution >= 0.6 is 34.6 Å². The van der Waals surface area contributed by atoms with E-state index in [1.54, 1.807) is 11.8 Å². The highest BCUT2D eigenvalue weighted by Gasteiger charge is 2.14. The van der Waals surface area contributed by atoms with Crippen molar-refractivity contribution in [3.05, 3.63) is 34.8 Å². The Labute approximate surface area is 127 Å². The molecule has 20 heavy (non-hydrogen) atoms. The third kappa shape index (κ3) is 2.70. The molecule has 0 spiro atoms. The summed E-state index contributed by atoms with van der Waals surface area (Å²) >= 11 is 4.45. The van der Waals surface area contributed by atoms with E-state index in [-0.39, 0.29) is 6.42 Å². The topological polar surface area (TPSA) is 63.1 Å². The fourth-order valence-electron chi connectivity index (χ4n) is 1.76. The second-order valence-electron chi connectivity index (χ2n) is 4.15. The number of carboxylic acids is 1. The van der Waals surface area contributed by atoms with Crippen LogP contribution in [0.1, 0.15) is 10.6 Å². The summed E-state index contributed by atoms with van der Waals surface area (Å²) in [6.45, 7) is 1.85. The first-order chi connectivity index (χ1) is 9.63. The van der Waals surface area contributed by atoms with E-state index >= 15 is 0 Å². The molecule has 0 bridgehead atoms. The van der Waals surface area contributed by atoms with Crippen LogP contribution in [-0.2, 0) is 11.2 Å². The number of aliphatic carboxylic acids is 1. The van der Waals surface area contributed by atoms with Crippen molar-refractivity contribution in [1.82, 2.24) is 9.36 Å². The van der Waals surface area contributed by atoms with E-state index in [2.05, 4.69) is 9.36 Å². The monoisotopic (exact) mass is 322 g/mol. The van der Waals surface area contributed by atoms with Crippen molar-refractivity contribution >= 4 is 51.5 Å². The van der Waals surface area contributed by atoms with Crippen molar-refractivity contribution in [3.63, 3.8) is 0 Å². The van der Waals surface area contributed by atoms with Gasteiger partial charge in [0, 0.05) is 10.3 Å². The average Bonchev–Trinajstić information content (AvgIpc) is 2.95. The molecule has 0 aliphatic heterocycles. The van der Waals surface area contributed by atoms with Gasteiger partial charge in [0.15, 0.2) is 4.34 Å². The van der Waals surface area contributed by atoms with E-state index in [1.165, 1.54) is 22.9 Å². The van der Waals surface area contributed by atoms with Crippen LogP contribution < -0.4 is 0 Å². The number of rotatable bonds is 4. The highest BCUT2D eigenvalue weighted by molar-refractivity contribution is 8.02. The molecule has 3 rings (SSSR count). The van der Waals surface area contributed by atoms with E-state index in [4.69, 9.17) is 5.11 Å². The maximum absolute atomic E-state index is 10.8. The lowest BCUT2D eigenvalue weighted by Crippen LogP contribution is -1.99. The normalized spacial score (nSPS) is 11.1. The number of thiazole rings is 1. The first-order valence-corrected chi connectivity index (χ1v) is 8.24. The van der Waals surface area contributed by atoms with Gasteiger partial charge < -0.3 is 5.11 Å². The quantitative estimate of drug-likeness (QED) is 0.790. The zero-order chi connectivity index (χ0) is 14.1. The Morgan fingerprint density at radius 2 is 2.20 bits per heavy atom. The van der Waals surface area contributed by atoms with Crippen molar-refractivity contribution in [2.75, 3.05) is 0 Å². The Kier molecular flexibility index (Phi) is 3.73. The fourth-order valence-corrected chi connectivity index (χ4v) is 5.16. The predicted octanol–water partition coefficient (Wildman–Crippen LogP) is 3.84. The Hall–Kier alpha value is -1.44. The summed E-state index contributed by atoms with van der Waals surface area (Å²) in [7, 11) is 0. The second kappa shape index (κ2) is 5.51. The van der Waals surface area contributed by atoms with Gasteiger partial charge in [0.1, 0.15) is 0 Å². The van der Waals surface area contributed by atoms with E-state index in [9.17, 15) is 4.79 Å². The largest absolute Gasteiger partial charge is 0.481 e. The molecule has 0 saturated carbocycles. The SMILES string of the molecule is Cc1nc(Sc2snc3ccccc23)sc1CC(=O)O. The molecular weight excluding hydrogens is 312 g/mol. The van der Waals surface area contributed by atoms with Crippen molar-refractivity contribution in [2.45, 2.75) is 21.9 Å². The van der Waals surface area contributed by atoms with Gasteiger partial charge in [0.25, 0.3) is 0 Å². The Balaban J connectivity index is 1.89. The van der Waals surface area contributed by atoms with Crippen molar-refractivity contribution in [1.29, 1.82) is 0 Å². The summed E-state index contributed by atoms with van der Waals surface area (Å²) in [5.74, 6) is -0.823. The van der Waals surface area contributed by atoms with Crippen LogP contribution in [0.5, 0.6) is 0 Å². The van der Waals surface area contributed by atoms with Gasteiger partial charge in [-0.05, 0) is 36.3 Å². The summed E-state index contributed by atoms with van der Waals surface area (Å²) in [6, 6.07) is 7.98. The standard InChI is InChI=1S/C13H10N2O2S3/c1-7-10(6-11(16)17)18-13(14-7)19-12-8-4-2-3-5-9(8)15-20-12/h2-5H,6H2,1H3,(H,16,17). The number of carbonyl (C=O) groups is 1. The predicted molar refractivity (Wildman–Crippen MR) is 81.9 cm³/mol. The summed E-state index contributed by atoms with van der Waals surface area (Å²) in [4.78, 5) is 16.0. The summed E-state index contributed by atoms with van der Waals surface area (Å²) in [5.41, 5.74) is 1.78. The molecule has 3 aromatic rings. The lowest BCUT2D eigenvalue weighted by molar-refractivity contribution is -0.136. The third-order valence-corrected chi connectivity index (χ3v) is 5.99. The van der Waals surface area contributed by atoms with E-state index in [0.717, 1.165) is 30.0 Å². The number of nitrogens with zero attached hydrogens (tertiary/aromatic N) is 2. The lowest BCUT2D eigenvalue weighted by atomic mass is 10.3. The van der Waals surface area contributed by atoms with Gasteiger partial charge in [-0.25, -0.2) is 4.98 Å². The highest BCUT2D eigenvalue weighted by Crippen LogP contribution is 2.39. The number of fused-ring (bicyclic) bond motifs is 1. The van der Waals surface area contributed by atoms with Gasteiger partial charge in [0.2, 0.25) is 0 Å². The first kappa shape index (κ1) is 13.5. The Morgan fingerprint density at radius 1 is 1.40 bits per heavy atom. The van der Waals surface area contributed by atoms with Gasteiger partial charge in [-0.3, -0.25) is 4.79 Å². The number of hydrogen-bond donors (Lipinski definition) is 1. The lowest BCUT2D eigenvalue weighted by Gasteiger charge is -1.93. The molecule has 1 aromatic carbocycles. The molecule has 7 heteroatoms. The smallest absolute Gasteiger partial charge is 0.308 e. The molecule has 0 fully saturated rings. The van der Waals surface area contributed by atoms with Gasteiger partial charge >= 0.3 is 5.97 Å². The van der Waals surface area contributed by atoms with E-state index in [1.807, 2.05) is 31.2 Å². The molecule has 2 aromatic heterocycles. The third-order valence-electron chi connectivity index (χ3n) is 2.72. The molecule has 0 aliphatic carbocycles. The first-order valence-electron chi connectivity index (χ1n) is 5.84. The van der Waals surface area contributed by atoms with Crippen molar-refractivity contribution in [3.8, 4) is 0 Å². The maximum atomic E-state index is 10.8. The summed E-state index contributed by atoms with van der Waals surface area (Å²) in [5, 5.41) is 9.98. The molecule has 0 radical (unpaired) electrons. The second-order valence-corrected chi connectivity index (χ2v) is 7.52. The number of hydrogen-bond acceptors (Lipinski definition) is 6. The van der Waals surface area contributed by atoms with Gasteiger partial charge in [-0.1, -0.05) is 18.2 Å². The van der Waals surface area contributed by atoms with E-state index < -0.39 is 5.97 Å². The fraction of sp³-hybridized carbons (Fsp3) is 0.154. The number of benzene rings is 1. The zero-order valence-corrected chi connectivity index (χ0v) is 12.9. The van der Waals surface area contributed by atoms with Crippen molar-refractivity contribution < 1.29 is 9.90 Å². The molecule has 1 N–H and O–H groups in total.